The Morgan fingerprint density at radius 2 is 1.92 bits per heavy atom. The van der Waals surface area contributed by atoms with Crippen LogP contribution in [0.5, 0.6) is 0 Å². The van der Waals surface area contributed by atoms with E-state index < -0.39 is 29.9 Å². The smallest absolute Gasteiger partial charge is 0.383 e. The summed E-state index contributed by atoms with van der Waals surface area (Å²) in [5, 5.41) is 20.7. The number of rotatable bonds is 6. The molecule has 0 aliphatic rings. The highest BCUT2D eigenvalue weighted by Crippen LogP contribution is 2.35. The molecule has 0 saturated heterocycles. The number of nitrogen functional groups attached to an aromatic ring is 1. The first-order chi connectivity index (χ1) is 17.9. The number of alkyl halides is 3. The molecule has 14 heteroatoms. The van der Waals surface area contributed by atoms with E-state index in [0.29, 0.717) is 31.5 Å². The summed E-state index contributed by atoms with van der Waals surface area (Å²) in [7, 11) is 0. The lowest BCUT2D eigenvalue weighted by Gasteiger charge is -2.16. The summed E-state index contributed by atoms with van der Waals surface area (Å²) in [6, 6.07) is 9.11. The van der Waals surface area contributed by atoms with Crippen molar-refractivity contribution in [1.82, 2.24) is 19.9 Å². The van der Waals surface area contributed by atoms with Crippen LogP contribution in [-0.2, 0) is 4.79 Å². The predicted octanol–water partition coefficient (Wildman–Crippen LogP) is 6.23. The van der Waals surface area contributed by atoms with Crippen LogP contribution in [0.3, 0.4) is 0 Å². The van der Waals surface area contributed by atoms with Crippen LogP contribution in [-0.4, -0.2) is 32.0 Å². The van der Waals surface area contributed by atoms with Crippen LogP contribution < -0.4 is 11.1 Å². The summed E-state index contributed by atoms with van der Waals surface area (Å²) in [5.41, 5.74) is 7.01. The van der Waals surface area contributed by atoms with Crippen LogP contribution in [0.15, 0.2) is 47.1 Å². The second kappa shape index (κ2) is 10.4. The number of pyridine rings is 1. The zero-order valence-electron chi connectivity index (χ0n) is 19.7. The molecule has 4 rings (SSSR count). The largest absolute Gasteiger partial charge is 0.410 e. The maximum Gasteiger partial charge on any atom is 0.410 e. The molecule has 38 heavy (non-hydrogen) atoms. The molecule has 196 valence electrons. The number of halogens is 5. The maximum atomic E-state index is 13.2. The molecule has 2 atom stereocenters. The number of aromatic nitrogens is 4. The number of carbonyl (C=O) groups excluding carboxylic acids is 1. The molecule has 4 aromatic rings. The van der Waals surface area contributed by atoms with Gasteiger partial charge < -0.3 is 10.3 Å². The van der Waals surface area contributed by atoms with Crippen molar-refractivity contribution in [1.29, 1.82) is 5.26 Å². The number of amides is 1. The second-order valence-electron chi connectivity index (χ2n) is 8.27. The number of nitrogens with one attached hydrogen (secondary N) is 1. The minimum atomic E-state index is -4.62. The number of anilines is 2. The molecule has 3 aromatic heterocycles. The van der Waals surface area contributed by atoms with Gasteiger partial charge in [0.25, 0.3) is 0 Å². The van der Waals surface area contributed by atoms with Crippen molar-refractivity contribution in [3.8, 4) is 28.7 Å². The van der Waals surface area contributed by atoms with Gasteiger partial charge in [0.2, 0.25) is 11.8 Å². The van der Waals surface area contributed by atoms with Gasteiger partial charge in [-0.2, -0.15) is 23.5 Å². The minimum absolute atomic E-state index is 0.0888. The predicted molar refractivity (Wildman–Crippen MR) is 134 cm³/mol. The van der Waals surface area contributed by atoms with Gasteiger partial charge in [0.15, 0.2) is 0 Å². The molecule has 0 aliphatic heterocycles. The summed E-state index contributed by atoms with van der Waals surface area (Å²) < 4.78 is 45.3. The van der Waals surface area contributed by atoms with E-state index in [2.05, 4.69) is 20.6 Å². The van der Waals surface area contributed by atoms with Gasteiger partial charge in [-0.05, 0) is 43.7 Å². The van der Waals surface area contributed by atoms with E-state index in [-0.39, 0.29) is 22.8 Å². The molecule has 9 nitrogen and oxygen atoms in total. The van der Waals surface area contributed by atoms with Crippen molar-refractivity contribution in [2.75, 3.05) is 11.1 Å². The SMILES string of the molecule is CC(C(=O)Nc1cc(-c2ccc(Cl)cc2Cl)no1)c1ccc(-c2nn(C(C)C(F)(F)F)c(N)c2C#N)nc1. The summed E-state index contributed by atoms with van der Waals surface area (Å²) in [6.07, 6.45) is -3.25. The van der Waals surface area contributed by atoms with E-state index in [9.17, 15) is 23.2 Å². The number of hydrogen-bond acceptors (Lipinski definition) is 7. The lowest BCUT2D eigenvalue weighted by atomic mass is 10.0. The van der Waals surface area contributed by atoms with E-state index in [4.69, 9.17) is 33.5 Å². The number of nitrogens with two attached hydrogens (primary N) is 1. The first-order valence-corrected chi connectivity index (χ1v) is 11.7. The van der Waals surface area contributed by atoms with E-state index in [1.807, 2.05) is 0 Å². The van der Waals surface area contributed by atoms with Crippen molar-refractivity contribution in [3.63, 3.8) is 0 Å². The van der Waals surface area contributed by atoms with Crippen molar-refractivity contribution >= 4 is 40.8 Å². The Morgan fingerprint density at radius 3 is 2.53 bits per heavy atom. The lowest BCUT2D eigenvalue weighted by molar-refractivity contribution is -0.164. The first kappa shape index (κ1) is 27.0. The first-order valence-electron chi connectivity index (χ1n) is 10.9. The summed E-state index contributed by atoms with van der Waals surface area (Å²) in [4.78, 5) is 17.0. The Morgan fingerprint density at radius 1 is 1.18 bits per heavy atom. The van der Waals surface area contributed by atoms with Crippen molar-refractivity contribution < 1.29 is 22.5 Å². The Kier molecular flexibility index (Phi) is 7.35. The van der Waals surface area contributed by atoms with Gasteiger partial charge in [-0.3, -0.25) is 15.1 Å². The average molecular weight is 564 g/mol. The van der Waals surface area contributed by atoms with Crippen LogP contribution in [0.1, 0.15) is 36.9 Å². The van der Waals surface area contributed by atoms with Crippen molar-refractivity contribution in [2.24, 2.45) is 0 Å². The molecule has 3 N–H and O–H groups in total. The molecule has 0 bridgehead atoms. The van der Waals surface area contributed by atoms with E-state index in [1.165, 1.54) is 18.3 Å². The third-order valence-electron chi connectivity index (χ3n) is 5.79. The third-order valence-corrected chi connectivity index (χ3v) is 6.33. The molecule has 1 amide bonds. The molecule has 0 radical (unpaired) electrons. The Bertz CT molecular complexity index is 1540. The zero-order valence-corrected chi connectivity index (χ0v) is 21.2. The molecule has 3 heterocycles. The van der Waals surface area contributed by atoms with Crippen LogP contribution in [0, 0.1) is 11.3 Å². The fraction of sp³-hybridized carbons (Fsp3) is 0.208. The highest BCUT2D eigenvalue weighted by Gasteiger charge is 2.40. The van der Waals surface area contributed by atoms with E-state index in [0.717, 1.165) is 6.92 Å². The van der Waals surface area contributed by atoms with Gasteiger partial charge in [-0.25, -0.2) is 4.68 Å². The molecule has 0 saturated carbocycles. The summed E-state index contributed by atoms with van der Waals surface area (Å²) in [6.45, 7) is 2.50. The number of carbonyl (C=O) groups is 1. The van der Waals surface area contributed by atoms with Crippen LogP contribution in [0.2, 0.25) is 10.0 Å². The van der Waals surface area contributed by atoms with Gasteiger partial charge in [0.05, 0.1) is 16.6 Å². The van der Waals surface area contributed by atoms with Gasteiger partial charge in [0.1, 0.15) is 34.9 Å². The lowest BCUT2D eigenvalue weighted by Crippen LogP contribution is -2.25. The number of nitriles is 1. The van der Waals surface area contributed by atoms with E-state index >= 15 is 0 Å². The maximum absolute atomic E-state index is 13.2. The topological polar surface area (TPSA) is 136 Å². The van der Waals surface area contributed by atoms with Crippen molar-refractivity contribution in [3.05, 3.63) is 63.8 Å². The van der Waals surface area contributed by atoms with Crippen LogP contribution in [0.4, 0.5) is 24.9 Å². The highest BCUT2D eigenvalue weighted by atomic mass is 35.5. The fourth-order valence-corrected chi connectivity index (χ4v) is 4.02. The quantitative estimate of drug-likeness (QED) is 0.284. The number of hydrogen-bond donors (Lipinski definition) is 2. The Labute approximate surface area is 223 Å². The highest BCUT2D eigenvalue weighted by molar-refractivity contribution is 6.36. The molecule has 0 spiro atoms. The normalized spacial score (nSPS) is 13.1. The molecular formula is C24H18Cl2F3N7O2. The molecule has 0 fully saturated rings. The number of nitrogens with zero attached hydrogens (tertiary/aromatic N) is 5. The molecular weight excluding hydrogens is 546 g/mol. The van der Waals surface area contributed by atoms with Crippen LogP contribution >= 0.6 is 23.2 Å². The van der Waals surface area contributed by atoms with Gasteiger partial charge in [-0.15, -0.1) is 0 Å². The minimum Gasteiger partial charge on any atom is -0.383 e. The summed E-state index contributed by atoms with van der Waals surface area (Å²) >= 11 is 12.1. The third kappa shape index (κ3) is 5.29. The van der Waals surface area contributed by atoms with E-state index in [1.54, 1.807) is 37.3 Å². The molecule has 1 aromatic carbocycles. The monoisotopic (exact) mass is 563 g/mol. The van der Waals surface area contributed by atoms with Crippen LogP contribution in [0.25, 0.3) is 22.6 Å². The van der Waals surface area contributed by atoms with Gasteiger partial charge in [0, 0.05) is 22.8 Å². The molecule has 0 aliphatic carbocycles. The Balaban J connectivity index is 1.51. The standard InChI is InChI=1S/C24H18Cl2F3N7O2/c1-11(23(37)33-20-8-19(35-38-20)15-5-4-14(25)7-17(15)26)13-3-6-18(32-10-13)21-16(9-30)22(31)36(34-21)12(2)24(27,28)29/h3-8,10-12H,31H2,1-2H3,(H,33,37). The zero-order chi connectivity index (χ0) is 27.8. The number of benzene rings is 1. The second-order valence-corrected chi connectivity index (χ2v) is 9.11. The van der Waals surface area contributed by atoms with Crippen molar-refractivity contribution in [2.45, 2.75) is 32.0 Å². The van der Waals surface area contributed by atoms with Gasteiger partial charge >= 0.3 is 6.18 Å². The molecule has 2 unspecified atom stereocenters. The Hall–Kier alpha value is -4.08. The summed E-state index contributed by atoms with van der Waals surface area (Å²) in [5.74, 6) is -1.47. The fourth-order valence-electron chi connectivity index (χ4n) is 3.51. The van der Waals surface area contributed by atoms with Gasteiger partial charge in [-0.1, -0.05) is 34.4 Å². The average Bonchev–Trinajstić information content (AvgIpc) is 3.46.